The monoisotopic (exact) mass is 320 g/mol. The largest absolute Gasteiger partial charge is 0.478 e. The molecule has 0 saturated carbocycles. The van der Waals surface area contributed by atoms with E-state index in [-0.39, 0.29) is 0 Å². The lowest BCUT2D eigenvalue weighted by atomic mass is 10.1. The molecule has 1 N–H and O–H groups in total. The Bertz CT molecular complexity index is 632. The molecule has 0 amide bonds. The average Bonchev–Trinajstić information content (AvgIpc) is 2.85. The first kappa shape index (κ1) is 13.5. The lowest BCUT2D eigenvalue weighted by molar-refractivity contribution is -0.131. The lowest BCUT2D eigenvalue weighted by Crippen LogP contribution is -2.01. The minimum Gasteiger partial charge on any atom is -0.478 e. The molecule has 0 aliphatic carbocycles. The Balaban J connectivity index is 2.54. The number of nitrogens with zero attached hydrogens (tertiary/aromatic N) is 2. The fraction of sp³-hybridized carbons (Fsp3) is 0.143. The van der Waals surface area contributed by atoms with Gasteiger partial charge in [0, 0.05) is 29.4 Å². The van der Waals surface area contributed by atoms with Gasteiger partial charge < -0.3 is 9.67 Å². The fourth-order valence-corrected chi connectivity index (χ4v) is 2.19. The molecule has 5 heteroatoms. The highest BCUT2D eigenvalue weighted by molar-refractivity contribution is 9.10. The van der Waals surface area contributed by atoms with Crippen LogP contribution in [0.1, 0.15) is 18.3 Å². The van der Waals surface area contributed by atoms with Gasteiger partial charge in [-0.1, -0.05) is 28.9 Å². The Morgan fingerprint density at radius 1 is 1.53 bits per heavy atom. The molecule has 1 aromatic heterocycles. The van der Waals surface area contributed by atoms with Gasteiger partial charge in [0.05, 0.1) is 5.69 Å². The number of benzene rings is 1. The predicted octanol–water partition coefficient (Wildman–Crippen LogP) is 3.30. The molecule has 0 radical (unpaired) electrons. The van der Waals surface area contributed by atoms with E-state index >= 15 is 0 Å². The van der Waals surface area contributed by atoms with Crippen LogP contribution in [-0.2, 0) is 11.2 Å². The van der Waals surface area contributed by atoms with Crippen LogP contribution in [-0.4, -0.2) is 20.6 Å². The summed E-state index contributed by atoms with van der Waals surface area (Å²) in [5.41, 5.74) is 1.74. The second kappa shape index (κ2) is 5.84. The number of carbonyl (C=O) groups is 1. The van der Waals surface area contributed by atoms with E-state index in [0.29, 0.717) is 0 Å². The third-order valence-electron chi connectivity index (χ3n) is 2.69. The van der Waals surface area contributed by atoms with Gasteiger partial charge in [-0.3, -0.25) is 0 Å². The normalized spacial score (nSPS) is 11.1. The van der Waals surface area contributed by atoms with Crippen LogP contribution in [0.25, 0.3) is 11.8 Å². The minimum absolute atomic E-state index is 0.807. The van der Waals surface area contributed by atoms with E-state index in [1.54, 1.807) is 12.3 Å². The van der Waals surface area contributed by atoms with Crippen molar-refractivity contribution in [2.24, 2.45) is 0 Å². The van der Waals surface area contributed by atoms with Crippen molar-refractivity contribution in [3.05, 3.63) is 52.5 Å². The Kier molecular flexibility index (Phi) is 4.16. The van der Waals surface area contributed by atoms with E-state index in [0.717, 1.165) is 34.0 Å². The average molecular weight is 321 g/mol. The zero-order chi connectivity index (χ0) is 13.8. The first-order chi connectivity index (χ1) is 9.11. The van der Waals surface area contributed by atoms with Crippen LogP contribution in [0.2, 0.25) is 0 Å². The maximum atomic E-state index is 10.6. The van der Waals surface area contributed by atoms with E-state index in [1.165, 1.54) is 0 Å². The van der Waals surface area contributed by atoms with Gasteiger partial charge in [-0.15, -0.1) is 0 Å². The molecule has 19 heavy (non-hydrogen) atoms. The molecule has 0 unspecified atom stereocenters. The Labute approximate surface area is 119 Å². The van der Waals surface area contributed by atoms with Gasteiger partial charge in [-0.25, -0.2) is 9.78 Å². The van der Waals surface area contributed by atoms with Crippen LogP contribution >= 0.6 is 15.9 Å². The number of carboxylic acid groups (broad SMARTS) is 1. The van der Waals surface area contributed by atoms with Gasteiger partial charge in [0.2, 0.25) is 0 Å². The van der Waals surface area contributed by atoms with Crippen molar-refractivity contribution in [3.8, 4) is 5.69 Å². The first-order valence-corrected chi connectivity index (χ1v) is 6.64. The van der Waals surface area contributed by atoms with Crippen LogP contribution in [0, 0.1) is 0 Å². The third-order valence-corrected chi connectivity index (χ3v) is 3.18. The molecule has 0 fully saturated rings. The molecular weight excluding hydrogens is 308 g/mol. The molecule has 2 aromatic rings. The van der Waals surface area contributed by atoms with Crippen molar-refractivity contribution < 1.29 is 9.90 Å². The summed E-state index contributed by atoms with van der Waals surface area (Å²) in [5, 5.41) is 8.74. The van der Waals surface area contributed by atoms with Crippen molar-refractivity contribution in [2.75, 3.05) is 0 Å². The summed E-state index contributed by atoms with van der Waals surface area (Å²) in [4.78, 5) is 14.9. The molecule has 0 atom stereocenters. The van der Waals surface area contributed by atoms with E-state index in [1.807, 2.05) is 35.9 Å². The highest BCUT2D eigenvalue weighted by Crippen LogP contribution is 2.23. The summed E-state index contributed by atoms with van der Waals surface area (Å²) in [7, 11) is 0. The number of aryl methyl sites for hydroxylation is 1. The molecular formula is C14H13BrN2O2. The number of hydrogen-bond acceptors (Lipinski definition) is 2. The Hall–Kier alpha value is -1.88. The smallest absolute Gasteiger partial charge is 0.328 e. The first-order valence-electron chi connectivity index (χ1n) is 5.85. The zero-order valence-corrected chi connectivity index (χ0v) is 12.0. The SMILES string of the molecule is CCc1nccn1-c1cc(Br)ccc1/C=C/C(=O)O. The topological polar surface area (TPSA) is 55.1 Å². The van der Waals surface area contributed by atoms with Crippen molar-refractivity contribution in [1.82, 2.24) is 9.55 Å². The summed E-state index contributed by atoms with van der Waals surface area (Å²) in [6.07, 6.45) is 7.14. The summed E-state index contributed by atoms with van der Waals surface area (Å²) in [5.74, 6) is -0.0294. The summed E-state index contributed by atoms with van der Waals surface area (Å²) >= 11 is 3.43. The van der Waals surface area contributed by atoms with Gasteiger partial charge in [0.1, 0.15) is 5.82 Å². The Morgan fingerprint density at radius 2 is 2.32 bits per heavy atom. The van der Waals surface area contributed by atoms with E-state index in [4.69, 9.17) is 5.11 Å². The molecule has 0 saturated heterocycles. The number of hydrogen-bond donors (Lipinski definition) is 1. The third kappa shape index (κ3) is 3.12. The van der Waals surface area contributed by atoms with E-state index in [9.17, 15) is 4.79 Å². The van der Waals surface area contributed by atoms with E-state index in [2.05, 4.69) is 20.9 Å². The van der Waals surface area contributed by atoms with Crippen LogP contribution in [0.3, 0.4) is 0 Å². The summed E-state index contributed by atoms with van der Waals surface area (Å²) < 4.78 is 2.90. The van der Waals surface area contributed by atoms with Crippen LogP contribution in [0.5, 0.6) is 0 Å². The zero-order valence-electron chi connectivity index (χ0n) is 10.4. The molecule has 0 aliphatic heterocycles. The van der Waals surface area contributed by atoms with Crippen molar-refractivity contribution in [1.29, 1.82) is 0 Å². The van der Waals surface area contributed by atoms with Crippen LogP contribution in [0.4, 0.5) is 0 Å². The maximum absolute atomic E-state index is 10.6. The molecule has 2 rings (SSSR count). The number of halogens is 1. The number of rotatable bonds is 4. The van der Waals surface area contributed by atoms with Crippen molar-refractivity contribution in [3.63, 3.8) is 0 Å². The quantitative estimate of drug-likeness (QED) is 0.879. The van der Waals surface area contributed by atoms with Gasteiger partial charge in [0.25, 0.3) is 0 Å². The van der Waals surface area contributed by atoms with Crippen molar-refractivity contribution >= 4 is 28.0 Å². The van der Waals surface area contributed by atoms with Crippen LogP contribution in [0.15, 0.2) is 41.1 Å². The molecule has 1 aromatic carbocycles. The molecule has 4 nitrogen and oxygen atoms in total. The molecule has 0 bridgehead atoms. The van der Waals surface area contributed by atoms with Gasteiger partial charge in [-0.05, 0) is 23.8 Å². The number of carboxylic acids is 1. The number of imidazole rings is 1. The highest BCUT2D eigenvalue weighted by atomic mass is 79.9. The van der Waals surface area contributed by atoms with Gasteiger partial charge in [0.15, 0.2) is 0 Å². The maximum Gasteiger partial charge on any atom is 0.328 e. The fourth-order valence-electron chi connectivity index (χ4n) is 1.84. The predicted molar refractivity (Wildman–Crippen MR) is 77.3 cm³/mol. The molecule has 1 heterocycles. The highest BCUT2D eigenvalue weighted by Gasteiger charge is 2.07. The molecule has 0 spiro atoms. The standard InChI is InChI=1S/C14H13BrN2O2/c1-2-13-16-7-8-17(13)12-9-11(15)5-3-10(12)4-6-14(18)19/h3-9H,2H2,1H3,(H,18,19)/b6-4+. The Morgan fingerprint density at radius 3 is 3.00 bits per heavy atom. The van der Waals surface area contributed by atoms with Crippen LogP contribution < -0.4 is 0 Å². The molecule has 0 aliphatic rings. The van der Waals surface area contributed by atoms with Crippen molar-refractivity contribution in [2.45, 2.75) is 13.3 Å². The second-order valence-corrected chi connectivity index (χ2v) is 4.86. The second-order valence-electron chi connectivity index (χ2n) is 3.94. The van der Waals surface area contributed by atoms with E-state index < -0.39 is 5.97 Å². The summed E-state index contributed by atoms with van der Waals surface area (Å²) in [6, 6.07) is 5.70. The molecule has 98 valence electrons. The lowest BCUT2D eigenvalue weighted by Gasteiger charge is -2.10. The minimum atomic E-state index is -0.963. The van der Waals surface area contributed by atoms with Gasteiger partial charge >= 0.3 is 5.97 Å². The summed E-state index contributed by atoms with van der Waals surface area (Å²) in [6.45, 7) is 2.03. The number of aliphatic carboxylic acids is 1. The number of aromatic nitrogens is 2. The van der Waals surface area contributed by atoms with Gasteiger partial charge in [-0.2, -0.15) is 0 Å².